The normalized spacial score (nSPS) is 18.8. The van der Waals surface area contributed by atoms with Crippen molar-refractivity contribution in [2.24, 2.45) is 14.1 Å². The minimum absolute atomic E-state index is 0.0604. The first kappa shape index (κ1) is 44.4. The van der Waals surface area contributed by atoms with Gasteiger partial charge in [-0.1, -0.05) is 60.7 Å². The van der Waals surface area contributed by atoms with E-state index in [1.54, 1.807) is 19.2 Å². The lowest BCUT2D eigenvalue weighted by atomic mass is 9.74. The number of hydrogen-bond donors (Lipinski definition) is 0. The molecule has 0 saturated carbocycles. The molecule has 0 radical (unpaired) electrons. The molecule has 0 bridgehead atoms. The highest BCUT2D eigenvalue weighted by molar-refractivity contribution is 6.09. The molecule has 4 aliphatic heterocycles. The molecular weight excluding hydrogens is 881 g/mol. The second kappa shape index (κ2) is 16.8. The molecule has 2 amide bonds. The Kier molecular flexibility index (Phi) is 10.8. The maximum atomic E-state index is 15.4. The molecule has 4 aliphatic rings. The first-order valence-electron chi connectivity index (χ1n) is 23.3. The molecular formula is C55H50F4N8O2. The van der Waals surface area contributed by atoms with Crippen LogP contribution in [-0.4, -0.2) is 74.9 Å². The fourth-order valence-corrected chi connectivity index (χ4v) is 11.4. The number of hydrogen-bond acceptors (Lipinski definition) is 6. The maximum absolute atomic E-state index is 15.4. The van der Waals surface area contributed by atoms with Crippen LogP contribution in [0.4, 0.5) is 28.9 Å². The number of aryl methyl sites for hydroxylation is 2. The summed E-state index contributed by atoms with van der Waals surface area (Å²) in [7, 11) is 7.62. The van der Waals surface area contributed by atoms with Gasteiger partial charge in [0.2, 0.25) is 5.91 Å². The Morgan fingerprint density at radius 1 is 0.536 bits per heavy atom. The molecule has 10 nitrogen and oxygen atoms in total. The third-order valence-electron chi connectivity index (χ3n) is 15.0. The zero-order valence-corrected chi connectivity index (χ0v) is 38.8. The van der Waals surface area contributed by atoms with E-state index >= 15 is 17.6 Å². The van der Waals surface area contributed by atoms with Gasteiger partial charge in [-0.3, -0.25) is 23.9 Å². The Bertz CT molecular complexity index is 3330. The van der Waals surface area contributed by atoms with E-state index in [0.717, 1.165) is 70.4 Å². The number of carbonyl (C=O) groups excluding carboxylic acids is 2. The number of benzene rings is 6. The molecule has 6 aromatic carbocycles. The number of carbonyl (C=O) groups is 2. The highest BCUT2D eigenvalue weighted by Crippen LogP contribution is 2.51. The number of likely N-dealkylation sites (tertiary alicyclic amines) is 2. The van der Waals surface area contributed by atoms with Gasteiger partial charge in [0.15, 0.2) is 0 Å². The number of piperidine rings is 1. The molecule has 6 heterocycles. The lowest BCUT2D eigenvalue weighted by molar-refractivity contribution is -0.128. The molecule has 8 aromatic rings. The Labute approximate surface area is 397 Å². The van der Waals surface area contributed by atoms with Gasteiger partial charge in [0.25, 0.3) is 5.91 Å². The molecule has 12 rings (SSSR count). The molecule has 2 aromatic heterocycles. The summed E-state index contributed by atoms with van der Waals surface area (Å²) >= 11 is 0. The van der Waals surface area contributed by atoms with Crippen LogP contribution < -0.4 is 9.80 Å². The van der Waals surface area contributed by atoms with Crippen molar-refractivity contribution in [1.82, 2.24) is 29.4 Å². The zero-order chi connectivity index (χ0) is 47.9. The van der Waals surface area contributed by atoms with Gasteiger partial charge in [-0.2, -0.15) is 10.2 Å². The molecule has 14 heteroatoms. The number of anilines is 2. The Balaban J connectivity index is 0.000000151. The van der Waals surface area contributed by atoms with E-state index in [4.69, 9.17) is 0 Å². The summed E-state index contributed by atoms with van der Waals surface area (Å²) in [5.41, 5.74) is 5.63. The highest BCUT2D eigenvalue weighted by Gasteiger charge is 2.55. The standard InChI is InChI=1S/C28H26F2N4O.C27H24F2N4O/c1-32-12-10-28(11-13-32)22-7-3-4-9-26(22)34(27(28)35)17-21-23(29)14-18(15-24(21)30)19-6-5-8-25-20(19)16-33(2)31-25;1-31-12-6-11-27(31)21-8-3-4-10-25(21)33(26(27)34)16-20-22(28)13-17(14-23(20)29)18-7-5-9-24-19(18)15-32(2)30-24/h3-9,14-16H,10-13,17H2,1-2H3;3-5,7-10,13-15H,6,11-12,16H2,1-2H3. The van der Waals surface area contributed by atoms with Crippen molar-refractivity contribution in [3.63, 3.8) is 0 Å². The average Bonchev–Trinajstić information content (AvgIpc) is 4.13. The van der Waals surface area contributed by atoms with Crippen molar-refractivity contribution < 1.29 is 27.2 Å². The Hall–Kier alpha value is -7.16. The second-order valence-electron chi connectivity index (χ2n) is 19.0. The maximum Gasteiger partial charge on any atom is 0.252 e. The van der Waals surface area contributed by atoms with Crippen LogP contribution in [0.15, 0.2) is 122 Å². The number of aromatic nitrogens is 4. The van der Waals surface area contributed by atoms with Crippen LogP contribution in [0.1, 0.15) is 47.9 Å². The van der Waals surface area contributed by atoms with Crippen LogP contribution in [0.25, 0.3) is 44.1 Å². The van der Waals surface area contributed by atoms with Crippen molar-refractivity contribution in [1.29, 1.82) is 0 Å². The Morgan fingerprint density at radius 2 is 1.00 bits per heavy atom. The monoisotopic (exact) mass is 930 g/mol. The molecule has 2 spiro atoms. The van der Waals surface area contributed by atoms with E-state index in [9.17, 15) is 9.59 Å². The molecule has 1 atom stereocenters. The summed E-state index contributed by atoms with van der Waals surface area (Å²) < 4.78 is 65.0. The molecule has 2 fully saturated rings. The van der Waals surface area contributed by atoms with Gasteiger partial charge in [0.05, 0.1) is 29.5 Å². The number of likely N-dealkylation sites (N-methyl/N-ethyl adjacent to an activating group) is 1. The number of rotatable bonds is 6. The van der Waals surface area contributed by atoms with Crippen LogP contribution in [0, 0.1) is 23.3 Å². The van der Waals surface area contributed by atoms with Gasteiger partial charge in [0.1, 0.15) is 28.8 Å². The number of nitrogens with zero attached hydrogens (tertiary/aromatic N) is 8. The van der Waals surface area contributed by atoms with Gasteiger partial charge in [-0.15, -0.1) is 0 Å². The fourth-order valence-electron chi connectivity index (χ4n) is 11.4. The largest absolute Gasteiger partial charge is 0.307 e. The van der Waals surface area contributed by atoms with Crippen LogP contribution in [0.3, 0.4) is 0 Å². The fraction of sp³-hybridized carbons (Fsp3) is 0.273. The van der Waals surface area contributed by atoms with E-state index in [1.165, 1.54) is 24.3 Å². The quantitative estimate of drug-likeness (QED) is 0.155. The van der Waals surface area contributed by atoms with Crippen LogP contribution >= 0.6 is 0 Å². The third kappa shape index (κ3) is 7.13. The zero-order valence-electron chi connectivity index (χ0n) is 38.8. The van der Waals surface area contributed by atoms with Crippen molar-refractivity contribution in [3.05, 3.63) is 167 Å². The molecule has 0 N–H and O–H groups in total. The van der Waals surface area contributed by atoms with Gasteiger partial charge >= 0.3 is 0 Å². The van der Waals surface area contributed by atoms with Gasteiger partial charge in [0, 0.05) is 65.3 Å². The van der Waals surface area contributed by atoms with Crippen molar-refractivity contribution in [2.45, 2.75) is 49.7 Å². The van der Waals surface area contributed by atoms with E-state index in [1.807, 2.05) is 126 Å². The van der Waals surface area contributed by atoms with Crippen LogP contribution in [0.2, 0.25) is 0 Å². The number of halogens is 4. The summed E-state index contributed by atoms with van der Waals surface area (Å²) in [4.78, 5) is 34.9. The predicted molar refractivity (Wildman–Crippen MR) is 259 cm³/mol. The Morgan fingerprint density at radius 3 is 1.49 bits per heavy atom. The third-order valence-corrected chi connectivity index (χ3v) is 15.0. The van der Waals surface area contributed by atoms with E-state index in [0.29, 0.717) is 41.5 Å². The van der Waals surface area contributed by atoms with E-state index < -0.39 is 34.2 Å². The summed E-state index contributed by atoms with van der Waals surface area (Å²) in [5.74, 6) is -2.82. The van der Waals surface area contributed by atoms with Crippen molar-refractivity contribution in [3.8, 4) is 22.3 Å². The van der Waals surface area contributed by atoms with Crippen molar-refractivity contribution in [2.75, 3.05) is 43.5 Å². The molecule has 1 unspecified atom stereocenters. The van der Waals surface area contributed by atoms with E-state index in [-0.39, 0.29) is 36.0 Å². The lowest BCUT2D eigenvalue weighted by Gasteiger charge is -2.36. The molecule has 0 aliphatic carbocycles. The highest BCUT2D eigenvalue weighted by atomic mass is 19.1. The van der Waals surface area contributed by atoms with Gasteiger partial charge in [-0.25, -0.2) is 17.6 Å². The number of para-hydroxylation sites is 2. The second-order valence-corrected chi connectivity index (χ2v) is 19.0. The minimum atomic E-state index is -0.751. The number of amides is 2. The number of fused-ring (bicyclic) bond motifs is 6. The summed E-state index contributed by atoms with van der Waals surface area (Å²) in [5, 5.41) is 10.4. The first-order valence-corrected chi connectivity index (χ1v) is 23.3. The van der Waals surface area contributed by atoms with Gasteiger partial charge < -0.3 is 14.7 Å². The van der Waals surface area contributed by atoms with Gasteiger partial charge in [-0.05, 0) is 136 Å². The van der Waals surface area contributed by atoms with E-state index in [2.05, 4.69) is 20.0 Å². The molecule has 350 valence electrons. The SMILES string of the molecule is CN1CCC2(CC1)C(=O)N(Cc1c(F)cc(-c3cccc4nn(C)cc34)cc1F)c1ccccc12.CN1CCCC12C(=O)N(Cc1c(F)cc(-c3cccc4nn(C)cc34)cc1F)c1ccccc12. The first-order chi connectivity index (χ1) is 33.3. The summed E-state index contributed by atoms with van der Waals surface area (Å²) in [6, 6.07) is 31.8. The molecule has 69 heavy (non-hydrogen) atoms. The van der Waals surface area contributed by atoms with Crippen LogP contribution in [0.5, 0.6) is 0 Å². The topological polar surface area (TPSA) is 82.7 Å². The lowest BCUT2D eigenvalue weighted by Crippen LogP contribution is -2.47. The summed E-state index contributed by atoms with van der Waals surface area (Å²) in [6.07, 6.45) is 6.70. The van der Waals surface area contributed by atoms with Crippen LogP contribution in [-0.2, 0) is 47.7 Å². The predicted octanol–water partition coefficient (Wildman–Crippen LogP) is 10.0. The smallest absolute Gasteiger partial charge is 0.252 e. The molecule has 2 saturated heterocycles. The average molecular weight is 931 g/mol. The van der Waals surface area contributed by atoms with Crippen molar-refractivity contribution >= 4 is 45.0 Å². The minimum Gasteiger partial charge on any atom is -0.307 e. The summed E-state index contributed by atoms with van der Waals surface area (Å²) in [6.45, 7) is 2.14.